The Balaban J connectivity index is 1.54. The third-order valence-corrected chi connectivity index (χ3v) is 4.90. The number of hydrogen-bond acceptors (Lipinski definition) is 7. The molecule has 0 aromatic carbocycles. The highest BCUT2D eigenvalue weighted by atomic mass is 32.1. The second-order valence-electron chi connectivity index (χ2n) is 5.38. The molecule has 0 saturated heterocycles. The van der Waals surface area contributed by atoms with Gasteiger partial charge in [-0.05, 0) is 25.3 Å². The van der Waals surface area contributed by atoms with Crippen molar-refractivity contribution in [3.8, 4) is 10.8 Å². The average Bonchev–Trinajstić information content (AvgIpc) is 3.27. The Morgan fingerprint density at radius 1 is 1.23 bits per heavy atom. The van der Waals surface area contributed by atoms with Crippen LogP contribution in [0.5, 0.6) is 0 Å². The number of fused-ring (bicyclic) bond motifs is 1. The van der Waals surface area contributed by atoms with Crippen LogP contribution in [0.3, 0.4) is 0 Å². The Kier molecular flexibility index (Phi) is 3.27. The Labute approximate surface area is 131 Å². The highest BCUT2D eigenvalue weighted by molar-refractivity contribution is 7.13. The minimum Gasteiger partial charge on any atom is -0.418 e. The van der Waals surface area contributed by atoms with Crippen LogP contribution in [0.15, 0.2) is 21.9 Å². The van der Waals surface area contributed by atoms with Crippen LogP contribution in [-0.4, -0.2) is 36.4 Å². The highest BCUT2D eigenvalue weighted by Gasteiger charge is 2.27. The maximum atomic E-state index is 5.84. The van der Waals surface area contributed by atoms with Gasteiger partial charge in [0.15, 0.2) is 0 Å². The largest absolute Gasteiger partial charge is 0.418 e. The first-order valence-electron chi connectivity index (χ1n) is 7.22. The molecule has 22 heavy (non-hydrogen) atoms. The van der Waals surface area contributed by atoms with E-state index in [1.807, 2.05) is 24.4 Å². The van der Waals surface area contributed by atoms with E-state index in [9.17, 15) is 0 Å². The van der Waals surface area contributed by atoms with Gasteiger partial charge >= 0.3 is 0 Å². The fourth-order valence-electron chi connectivity index (χ4n) is 2.71. The lowest BCUT2D eigenvalue weighted by molar-refractivity contribution is 0.142. The number of hydrogen-bond donors (Lipinski definition) is 0. The summed E-state index contributed by atoms with van der Waals surface area (Å²) in [6.45, 7) is 6.64. The third-order valence-electron chi connectivity index (χ3n) is 4.05. The molecule has 1 aliphatic heterocycles. The van der Waals surface area contributed by atoms with E-state index in [1.165, 1.54) is 0 Å². The van der Waals surface area contributed by atoms with Crippen LogP contribution >= 0.6 is 11.3 Å². The van der Waals surface area contributed by atoms with Crippen molar-refractivity contribution in [2.75, 3.05) is 6.54 Å². The van der Waals surface area contributed by atoms with Crippen molar-refractivity contribution in [1.82, 2.24) is 29.9 Å². The number of aromatic nitrogens is 5. The molecular formula is C14H16N6OS. The number of rotatable bonds is 3. The van der Waals surface area contributed by atoms with Gasteiger partial charge in [-0.1, -0.05) is 6.07 Å². The molecule has 3 aromatic rings. The predicted octanol–water partition coefficient (Wildman–Crippen LogP) is 2.27. The molecule has 0 fully saturated rings. The molecule has 114 valence electrons. The van der Waals surface area contributed by atoms with Crippen molar-refractivity contribution in [3.05, 3.63) is 35.1 Å². The summed E-state index contributed by atoms with van der Waals surface area (Å²) in [5, 5.41) is 18.7. The molecule has 3 aromatic heterocycles. The zero-order chi connectivity index (χ0) is 15.1. The van der Waals surface area contributed by atoms with Crippen LogP contribution in [0.1, 0.15) is 30.5 Å². The van der Waals surface area contributed by atoms with Gasteiger partial charge in [-0.3, -0.25) is 4.90 Å². The van der Waals surface area contributed by atoms with Gasteiger partial charge in [-0.25, -0.2) is 0 Å². The molecule has 1 unspecified atom stereocenters. The summed E-state index contributed by atoms with van der Waals surface area (Å²) >= 11 is 1.60. The Hall–Kier alpha value is -2.06. The van der Waals surface area contributed by atoms with Crippen molar-refractivity contribution in [3.63, 3.8) is 0 Å². The summed E-state index contributed by atoms with van der Waals surface area (Å²) in [5.41, 5.74) is 0. The van der Waals surface area contributed by atoms with Gasteiger partial charge in [-0.2, -0.15) is 0 Å². The molecule has 8 heteroatoms. The highest BCUT2D eigenvalue weighted by Crippen LogP contribution is 2.28. The molecule has 0 aliphatic carbocycles. The molecule has 0 amide bonds. The molecule has 7 nitrogen and oxygen atoms in total. The number of aryl methyl sites for hydroxylation is 1. The van der Waals surface area contributed by atoms with Gasteiger partial charge in [0, 0.05) is 13.1 Å². The van der Waals surface area contributed by atoms with Crippen LogP contribution in [0.25, 0.3) is 10.8 Å². The first kappa shape index (κ1) is 13.6. The molecule has 0 radical (unpaired) electrons. The number of nitrogens with zero attached hydrogens (tertiary/aromatic N) is 6. The molecule has 0 spiro atoms. The van der Waals surface area contributed by atoms with E-state index >= 15 is 0 Å². The van der Waals surface area contributed by atoms with Crippen LogP contribution in [-0.2, 0) is 13.1 Å². The molecule has 4 rings (SSSR count). The Morgan fingerprint density at radius 2 is 2.14 bits per heavy atom. The van der Waals surface area contributed by atoms with Gasteiger partial charge in [-0.15, -0.1) is 31.7 Å². The third kappa shape index (κ3) is 2.24. The van der Waals surface area contributed by atoms with E-state index < -0.39 is 0 Å². The Bertz CT molecular complexity index is 777. The van der Waals surface area contributed by atoms with Crippen LogP contribution in [0, 0.1) is 6.92 Å². The first-order chi connectivity index (χ1) is 10.7. The fraction of sp³-hybridized carbons (Fsp3) is 0.429. The monoisotopic (exact) mass is 316 g/mol. The smallest absolute Gasteiger partial charge is 0.257 e. The van der Waals surface area contributed by atoms with Crippen molar-refractivity contribution in [2.24, 2.45) is 0 Å². The van der Waals surface area contributed by atoms with E-state index in [1.54, 1.807) is 11.3 Å². The molecule has 1 aliphatic rings. The number of thiophene rings is 1. The predicted molar refractivity (Wildman–Crippen MR) is 81.2 cm³/mol. The first-order valence-corrected chi connectivity index (χ1v) is 8.10. The normalized spacial score (nSPS) is 16.6. The summed E-state index contributed by atoms with van der Waals surface area (Å²) in [4.78, 5) is 3.29. The fourth-order valence-corrected chi connectivity index (χ4v) is 3.36. The van der Waals surface area contributed by atoms with E-state index in [0.717, 1.165) is 36.2 Å². The van der Waals surface area contributed by atoms with Crippen molar-refractivity contribution >= 4 is 11.3 Å². The molecule has 1 atom stereocenters. The average molecular weight is 316 g/mol. The van der Waals surface area contributed by atoms with Crippen LogP contribution in [0.2, 0.25) is 0 Å². The van der Waals surface area contributed by atoms with Crippen molar-refractivity contribution < 1.29 is 4.42 Å². The minimum absolute atomic E-state index is 0.0620. The SMILES string of the molecule is Cc1nnc2n1CCN(C(C)c1nnc(-c3cccs3)o1)C2. The summed E-state index contributed by atoms with van der Waals surface area (Å²) in [6, 6.07) is 4.03. The van der Waals surface area contributed by atoms with Gasteiger partial charge in [0.2, 0.25) is 5.89 Å². The van der Waals surface area contributed by atoms with E-state index in [-0.39, 0.29) is 6.04 Å². The molecule has 0 bridgehead atoms. The molecule has 0 N–H and O–H groups in total. The van der Waals surface area contributed by atoms with Crippen LogP contribution in [0.4, 0.5) is 0 Å². The quantitative estimate of drug-likeness (QED) is 0.738. The lowest BCUT2D eigenvalue weighted by Crippen LogP contribution is -2.36. The standard InChI is InChI=1S/C14H16N6OS/c1-9(13-17-18-14(21-13)11-4-3-7-22-11)19-5-6-20-10(2)15-16-12(20)8-19/h3-4,7,9H,5-6,8H2,1-2H3. The molecular weight excluding hydrogens is 300 g/mol. The minimum atomic E-state index is 0.0620. The molecule has 4 heterocycles. The Morgan fingerprint density at radius 3 is 2.95 bits per heavy atom. The zero-order valence-electron chi connectivity index (χ0n) is 12.4. The summed E-state index contributed by atoms with van der Waals surface area (Å²) < 4.78 is 8.00. The van der Waals surface area contributed by atoms with Gasteiger partial charge in [0.25, 0.3) is 5.89 Å². The lowest BCUT2D eigenvalue weighted by atomic mass is 10.2. The topological polar surface area (TPSA) is 72.9 Å². The van der Waals surface area contributed by atoms with Crippen molar-refractivity contribution in [1.29, 1.82) is 0 Å². The molecule has 0 saturated carbocycles. The van der Waals surface area contributed by atoms with Crippen molar-refractivity contribution in [2.45, 2.75) is 33.0 Å². The van der Waals surface area contributed by atoms with E-state index in [0.29, 0.717) is 11.8 Å². The maximum Gasteiger partial charge on any atom is 0.257 e. The second kappa shape index (κ2) is 5.29. The maximum absolute atomic E-state index is 5.84. The van der Waals surface area contributed by atoms with Crippen LogP contribution < -0.4 is 0 Å². The van der Waals surface area contributed by atoms with E-state index in [4.69, 9.17) is 4.42 Å². The zero-order valence-corrected chi connectivity index (χ0v) is 13.2. The van der Waals surface area contributed by atoms with Gasteiger partial charge < -0.3 is 8.98 Å². The summed E-state index contributed by atoms with van der Waals surface area (Å²) in [7, 11) is 0. The second-order valence-corrected chi connectivity index (χ2v) is 6.33. The van der Waals surface area contributed by atoms with Gasteiger partial charge in [0.05, 0.1) is 17.5 Å². The van der Waals surface area contributed by atoms with Gasteiger partial charge in [0.1, 0.15) is 11.6 Å². The van der Waals surface area contributed by atoms with E-state index in [2.05, 4.69) is 36.8 Å². The summed E-state index contributed by atoms with van der Waals surface area (Å²) in [6.07, 6.45) is 0. The summed E-state index contributed by atoms with van der Waals surface area (Å²) in [5.74, 6) is 3.20. The lowest BCUT2D eigenvalue weighted by Gasteiger charge is -2.30.